The van der Waals surface area contributed by atoms with Crippen molar-refractivity contribution in [2.24, 2.45) is 0 Å². The number of H-pyrrole nitrogens is 1. The van der Waals surface area contributed by atoms with Crippen molar-refractivity contribution in [1.82, 2.24) is 15.2 Å². The van der Waals surface area contributed by atoms with Crippen LogP contribution in [0, 0.1) is 0 Å². The summed E-state index contributed by atoms with van der Waals surface area (Å²) in [6.45, 7) is 0.760. The minimum Gasteiger partial charge on any atom is -0.361 e. The number of hydrogen-bond acceptors (Lipinski definition) is 3. The van der Waals surface area contributed by atoms with Crippen LogP contribution in [0.4, 0.5) is 0 Å². The summed E-state index contributed by atoms with van der Waals surface area (Å²) in [5.41, 5.74) is 3.34. The van der Waals surface area contributed by atoms with Gasteiger partial charge in [0.15, 0.2) is 0 Å². The van der Waals surface area contributed by atoms with Crippen molar-refractivity contribution < 1.29 is 14.4 Å². The number of hydrogen-bond donors (Lipinski definition) is 2. The molecule has 0 saturated carbocycles. The molecule has 0 atom stereocenters. The van der Waals surface area contributed by atoms with Gasteiger partial charge in [0.2, 0.25) is 5.91 Å². The zero-order chi connectivity index (χ0) is 22.1. The van der Waals surface area contributed by atoms with Crippen LogP contribution in [-0.4, -0.2) is 40.7 Å². The minimum atomic E-state index is -0.293. The molecule has 32 heavy (non-hydrogen) atoms. The number of amides is 3. The van der Waals surface area contributed by atoms with Crippen LogP contribution in [0.25, 0.3) is 21.7 Å². The molecule has 5 rings (SSSR count). The Morgan fingerprint density at radius 1 is 0.906 bits per heavy atom. The highest BCUT2D eigenvalue weighted by Gasteiger charge is 2.32. The minimum absolute atomic E-state index is 0.0794. The first-order valence-electron chi connectivity index (χ1n) is 10.8. The number of fused-ring (bicyclic) bond motifs is 1. The molecule has 6 heteroatoms. The predicted octanol–water partition coefficient (Wildman–Crippen LogP) is 4.06. The molecule has 2 heterocycles. The lowest BCUT2D eigenvalue weighted by Gasteiger charge is -2.27. The van der Waals surface area contributed by atoms with Crippen LogP contribution in [0.5, 0.6) is 0 Å². The first-order chi connectivity index (χ1) is 15.6. The second-order valence-electron chi connectivity index (χ2n) is 8.03. The monoisotopic (exact) mass is 425 g/mol. The average molecular weight is 425 g/mol. The molecule has 0 unspecified atom stereocenters. The highest BCUT2D eigenvalue weighted by Crippen LogP contribution is 2.30. The predicted molar refractivity (Wildman–Crippen MR) is 124 cm³/mol. The van der Waals surface area contributed by atoms with Crippen molar-refractivity contribution in [1.29, 1.82) is 0 Å². The fourth-order valence-corrected chi connectivity index (χ4v) is 4.44. The zero-order valence-corrected chi connectivity index (χ0v) is 17.6. The molecule has 6 nitrogen and oxygen atoms in total. The van der Waals surface area contributed by atoms with E-state index >= 15 is 0 Å². The molecule has 3 amide bonds. The quantitative estimate of drug-likeness (QED) is 0.438. The summed E-state index contributed by atoms with van der Waals surface area (Å²) in [4.78, 5) is 42.6. The number of nitrogens with zero attached hydrogens (tertiary/aromatic N) is 1. The lowest BCUT2D eigenvalue weighted by Crippen LogP contribution is -2.41. The van der Waals surface area contributed by atoms with Gasteiger partial charge in [0.05, 0.1) is 0 Å². The molecule has 3 aromatic carbocycles. The number of para-hydroxylation sites is 1. The van der Waals surface area contributed by atoms with Crippen LogP contribution in [-0.2, 0) is 11.2 Å². The highest BCUT2D eigenvalue weighted by atomic mass is 16.2. The maximum atomic E-state index is 12.9. The number of rotatable bonds is 7. The Balaban J connectivity index is 1.15. The Hall–Kier alpha value is -3.93. The van der Waals surface area contributed by atoms with Crippen molar-refractivity contribution in [3.8, 4) is 0 Å². The van der Waals surface area contributed by atoms with Crippen molar-refractivity contribution in [3.05, 3.63) is 83.6 Å². The lowest BCUT2D eigenvalue weighted by atomic mass is 9.94. The third-order valence-corrected chi connectivity index (χ3v) is 6.03. The molecule has 0 saturated heterocycles. The number of carbonyl (C=O) groups is 3. The molecule has 1 aliphatic heterocycles. The summed E-state index contributed by atoms with van der Waals surface area (Å²) in [7, 11) is 0. The molecule has 2 N–H and O–H groups in total. The number of aromatic nitrogens is 1. The van der Waals surface area contributed by atoms with Gasteiger partial charge in [0.1, 0.15) is 0 Å². The molecular weight excluding hydrogens is 402 g/mol. The van der Waals surface area contributed by atoms with Gasteiger partial charge < -0.3 is 10.3 Å². The topological polar surface area (TPSA) is 82.3 Å². The fourth-order valence-electron chi connectivity index (χ4n) is 4.44. The summed E-state index contributed by atoms with van der Waals surface area (Å²) >= 11 is 0. The fraction of sp³-hybridized carbons (Fsp3) is 0.192. The molecule has 4 aromatic rings. The Labute approximate surface area is 185 Å². The van der Waals surface area contributed by atoms with E-state index in [0.717, 1.165) is 22.7 Å². The normalized spacial score (nSPS) is 13.2. The molecule has 0 fully saturated rings. The van der Waals surface area contributed by atoms with Crippen LogP contribution in [0.3, 0.4) is 0 Å². The Bertz CT molecular complexity index is 1300. The number of benzene rings is 3. The third-order valence-electron chi connectivity index (χ3n) is 6.03. The van der Waals surface area contributed by atoms with E-state index in [2.05, 4.69) is 16.4 Å². The first-order valence-corrected chi connectivity index (χ1v) is 10.8. The van der Waals surface area contributed by atoms with E-state index < -0.39 is 0 Å². The molecule has 0 spiro atoms. The summed E-state index contributed by atoms with van der Waals surface area (Å²) in [6.07, 6.45) is 3.40. The number of nitrogens with one attached hydrogen (secondary N) is 2. The highest BCUT2D eigenvalue weighted by molar-refractivity contribution is 6.25. The van der Waals surface area contributed by atoms with E-state index in [-0.39, 0.29) is 30.7 Å². The average Bonchev–Trinajstić information content (AvgIpc) is 3.22. The van der Waals surface area contributed by atoms with Crippen LogP contribution in [0.1, 0.15) is 39.1 Å². The Kier molecular flexibility index (Phi) is 5.19. The van der Waals surface area contributed by atoms with Crippen molar-refractivity contribution >= 4 is 39.4 Å². The van der Waals surface area contributed by atoms with Gasteiger partial charge >= 0.3 is 0 Å². The van der Waals surface area contributed by atoms with Gasteiger partial charge in [-0.05, 0) is 42.0 Å². The van der Waals surface area contributed by atoms with E-state index in [4.69, 9.17) is 0 Å². The molecule has 0 aliphatic carbocycles. The lowest BCUT2D eigenvalue weighted by molar-refractivity contribution is -0.121. The smallest absolute Gasteiger partial charge is 0.261 e. The Morgan fingerprint density at radius 3 is 2.38 bits per heavy atom. The van der Waals surface area contributed by atoms with Gasteiger partial charge in [-0.25, -0.2) is 0 Å². The number of carbonyl (C=O) groups excluding carboxylic acids is 3. The van der Waals surface area contributed by atoms with Crippen LogP contribution >= 0.6 is 0 Å². The van der Waals surface area contributed by atoms with Crippen molar-refractivity contribution in [3.63, 3.8) is 0 Å². The van der Waals surface area contributed by atoms with E-state index in [0.29, 0.717) is 24.1 Å². The van der Waals surface area contributed by atoms with Gasteiger partial charge in [0.25, 0.3) is 11.8 Å². The van der Waals surface area contributed by atoms with E-state index in [1.807, 2.05) is 48.7 Å². The molecule has 160 valence electrons. The van der Waals surface area contributed by atoms with Crippen LogP contribution in [0.2, 0.25) is 0 Å². The number of imide groups is 1. The summed E-state index contributed by atoms with van der Waals surface area (Å²) in [5, 5.41) is 5.71. The maximum Gasteiger partial charge on any atom is 0.261 e. The first kappa shape index (κ1) is 20.0. The van der Waals surface area contributed by atoms with Crippen molar-refractivity contribution in [2.45, 2.75) is 19.3 Å². The van der Waals surface area contributed by atoms with E-state index in [1.54, 1.807) is 12.1 Å². The van der Waals surface area contributed by atoms with Gasteiger partial charge in [-0.1, -0.05) is 42.5 Å². The molecule has 0 radical (unpaired) electrons. The standard InChI is InChI=1S/C26H23N3O3/c30-23(27-14-13-18-16-28-22-11-2-1-8-19(18)22)12-5-15-29-25(31)20-9-3-6-17-7-4-10-21(24(17)20)26(29)32/h1-4,6-11,16,28H,5,12-15H2,(H,27,30). The summed E-state index contributed by atoms with van der Waals surface area (Å²) in [6, 6.07) is 19.0. The van der Waals surface area contributed by atoms with E-state index in [9.17, 15) is 14.4 Å². The third kappa shape index (κ3) is 3.54. The second kappa shape index (κ2) is 8.30. The summed E-state index contributed by atoms with van der Waals surface area (Å²) in [5.74, 6) is -0.665. The van der Waals surface area contributed by atoms with Gasteiger partial charge in [-0.15, -0.1) is 0 Å². The molecule has 1 aliphatic rings. The SMILES string of the molecule is O=C(CCCN1C(=O)c2cccc3cccc(c23)C1=O)NCCc1c[nH]c2ccccc12. The largest absolute Gasteiger partial charge is 0.361 e. The zero-order valence-electron chi connectivity index (χ0n) is 17.6. The maximum absolute atomic E-state index is 12.9. The van der Waals surface area contributed by atoms with Crippen LogP contribution < -0.4 is 5.32 Å². The van der Waals surface area contributed by atoms with Gasteiger partial charge in [0, 0.05) is 53.1 Å². The molecular formula is C26H23N3O3. The summed E-state index contributed by atoms with van der Waals surface area (Å²) < 4.78 is 0. The van der Waals surface area contributed by atoms with E-state index in [1.165, 1.54) is 15.8 Å². The van der Waals surface area contributed by atoms with Gasteiger partial charge in [-0.3, -0.25) is 19.3 Å². The van der Waals surface area contributed by atoms with Crippen LogP contribution in [0.15, 0.2) is 66.9 Å². The second-order valence-corrected chi connectivity index (χ2v) is 8.03. The molecule has 0 bridgehead atoms. The van der Waals surface area contributed by atoms with Crippen molar-refractivity contribution in [2.75, 3.05) is 13.1 Å². The van der Waals surface area contributed by atoms with Gasteiger partial charge in [-0.2, -0.15) is 0 Å². The Morgan fingerprint density at radius 2 is 1.62 bits per heavy atom. The molecule has 1 aromatic heterocycles. The number of aromatic amines is 1.